The van der Waals surface area contributed by atoms with Gasteiger partial charge in [0.05, 0.1) is 52.9 Å². The van der Waals surface area contributed by atoms with Crippen LogP contribution in [0.25, 0.3) is 44.3 Å². The molecule has 1 fully saturated rings. The summed E-state index contributed by atoms with van der Waals surface area (Å²) in [7, 11) is 0.702. The average Bonchev–Trinajstić information content (AvgIpc) is 3.91. The number of aromatic nitrogens is 6. The Morgan fingerprint density at radius 2 is 1.75 bits per heavy atom. The van der Waals surface area contributed by atoms with Crippen LogP contribution in [0.4, 0.5) is 10.5 Å². The fourth-order valence-electron chi connectivity index (χ4n) is 7.45. The minimum Gasteiger partial charge on any atom is -0.444 e. The molecule has 6 heterocycles. The maximum atomic E-state index is 14.9. The fourth-order valence-corrected chi connectivity index (χ4v) is 8.96. The number of rotatable bonds is 5. The molecule has 2 amide bonds. The maximum absolute atomic E-state index is 14.9. The van der Waals surface area contributed by atoms with Gasteiger partial charge in [-0.3, -0.25) is 19.0 Å². The maximum Gasteiger partial charge on any atom is 0.410 e. The molecule has 0 radical (unpaired) electrons. The lowest BCUT2D eigenvalue weighted by Gasteiger charge is -2.26. The van der Waals surface area contributed by atoms with E-state index in [0.717, 1.165) is 10.9 Å². The number of pyridine rings is 1. The molecule has 2 aromatic carbocycles. The zero-order valence-electron chi connectivity index (χ0n) is 29.0. The molecule has 6 aromatic rings. The van der Waals surface area contributed by atoms with E-state index in [-0.39, 0.29) is 36.0 Å². The number of nitrogens with zero attached hydrogens (tertiary/aromatic N) is 8. The van der Waals surface area contributed by atoms with Gasteiger partial charge in [0, 0.05) is 60.8 Å². The standard InChI is InChI=1S/C36H36N8O6S/c1-35(2,3)50-34(46)42-15-14-36(21-42)30-27(43(49-6)33(36)45)19-37-32-29(30)28(22-12-13-26-23(16-22)17-39-41(26)5)31(24-18-38-40(4)20-24)44(32)51(47,48)25-10-8-7-9-11-25/h7-13,16-20H,14-15,21H2,1-6H3. The zero-order chi connectivity index (χ0) is 36.0. The number of anilines is 1. The van der Waals surface area contributed by atoms with Crippen molar-refractivity contribution >= 4 is 49.6 Å². The number of fused-ring (bicyclic) bond motifs is 5. The number of hydrogen-bond donors (Lipinski definition) is 0. The van der Waals surface area contributed by atoms with E-state index >= 15 is 0 Å². The average molecular weight is 709 g/mol. The summed E-state index contributed by atoms with van der Waals surface area (Å²) in [5.41, 5.74) is 1.91. The lowest BCUT2D eigenvalue weighted by Crippen LogP contribution is -2.44. The molecule has 14 nitrogen and oxygen atoms in total. The van der Waals surface area contributed by atoms with Crippen molar-refractivity contribution in [3.63, 3.8) is 0 Å². The summed E-state index contributed by atoms with van der Waals surface area (Å²) >= 11 is 0. The van der Waals surface area contributed by atoms with Crippen LogP contribution < -0.4 is 5.06 Å². The third-order valence-corrected chi connectivity index (χ3v) is 11.3. The summed E-state index contributed by atoms with van der Waals surface area (Å²) in [6, 6.07) is 14.0. The third-order valence-electron chi connectivity index (χ3n) is 9.61. The van der Waals surface area contributed by atoms with E-state index in [9.17, 15) is 18.0 Å². The smallest absolute Gasteiger partial charge is 0.410 e. The molecule has 15 heteroatoms. The van der Waals surface area contributed by atoms with Crippen LogP contribution in [-0.4, -0.2) is 79.6 Å². The van der Waals surface area contributed by atoms with E-state index in [2.05, 4.69) is 10.2 Å². The van der Waals surface area contributed by atoms with Crippen molar-refractivity contribution in [1.29, 1.82) is 0 Å². The highest BCUT2D eigenvalue weighted by Crippen LogP contribution is 2.54. The van der Waals surface area contributed by atoms with Crippen molar-refractivity contribution in [3.05, 3.63) is 78.9 Å². The number of benzene rings is 2. The minimum atomic E-state index is -4.30. The van der Waals surface area contributed by atoms with Gasteiger partial charge in [-0.05, 0) is 57.0 Å². The first-order valence-electron chi connectivity index (χ1n) is 16.4. The number of ether oxygens (including phenoxy) is 1. The van der Waals surface area contributed by atoms with Gasteiger partial charge in [0.25, 0.3) is 15.9 Å². The van der Waals surface area contributed by atoms with Crippen LogP contribution in [0, 0.1) is 0 Å². The van der Waals surface area contributed by atoms with Crippen molar-refractivity contribution < 1.29 is 27.6 Å². The lowest BCUT2D eigenvalue weighted by molar-refractivity contribution is -0.128. The summed E-state index contributed by atoms with van der Waals surface area (Å²) in [4.78, 5) is 40.1. The Morgan fingerprint density at radius 1 is 0.980 bits per heavy atom. The van der Waals surface area contributed by atoms with Crippen LogP contribution in [0.2, 0.25) is 0 Å². The fraction of sp³-hybridized carbons (Fsp3) is 0.306. The number of carbonyl (C=O) groups is 2. The van der Waals surface area contributed by atoms with Crippen molar-refractivity contribution in [2.75, 3.05) is 25.3 Å². The highest BCUT2D eigenvalue weighted by atomic mass is 32.2. The molecule has 2 aliphatic rings. The molecule has 2 aliphatic heterocycles. The molecular weight excluding hydrogens is 673 g/mol. The van der Waals surface area contributed by atoms with Gasteiger partial charge >= 0.3 is 6.09 Å². The van der Waals surface area contributed by atoms with Crippen LogP contribution in [0.1, 0.15) is 32.8 Å². The molecule has 8 rings (SSSR count). The number of hydrogen-bond acceptors (Lipinski definition) is 9. The van der Waals surface area contributed by atoms with Crippen LogP contribution in [0.5, 0.6) is 0 Å². The molecule has 1 atom stereocenters. The first kappa shape index (κ1) is 32.7. The minimum absolute atomic E-state index is 0.00730. The van der Waals surface area contributed by atoms with Crippen molar-refractivity contribution in [3.8, 4) is 22.4 Å². The Bertz CT molecular complexity index is 2510. The van der Waals surface area contributed by atoms with E-state index < -0.39 is 27.1 Å². The molecule has 1 unspecified atom stereocenters. The molecule has 4 aromatic heterocycles. The van der Waals surface area contributed by atoms with E-state index in [4.69, 9.17) is 14.6 Å². The lowest BCUT2D eigenvalue weighted by atomic mass is 9.78. The topological polar surface area (TPSA) is 147 Å². The molecule has 51 heavy (non-hydrogen) atoms. The van der Waals surface area contributed by atoms with Crippen molar-refractivity contribution in [1.82, 2.24) is 33.4 Å². The van der Waals surface area contributed by atoms with Gasteiger partial charge in [0.2, 0.25) is 0 Å². The van der Waals surface area contributed by atoms with Gasteiger partial charge in [-0.15, -0.1) is 0 Å². The third kappa shape index (κ3) is 4.86. The monoisotopic (exact) mass is 708 g/mol. The predicted molar refractivity (Wildman–Crippen MR) is 189 cm³/mol. The van der Waals surface area contributed by atoms with Gasteiger partial charge < -0.3 is 9.64 Å². The highest BCUT2D eigenvalue weighted by molar-refractivity contribution is 7.90. The zero-order valence-corrected chi connectivity index (χ0v) is 29.8. The van der Waals surface area contributed by atoms with Crippen molar-refractivity contribution in [2.24, 2.45) is 14.1 Å². The van der Waals surface area contributed by atoms with Crippen LogP contribution in [0.3, 0.4) is 0 Å². The first-order chi connectivity index (χ1) is 24.2. The summed E-state index contributed by atoms with van der Waals surface area (Å²) in [6.45, 7) is 5.59. The molecule has 0 bridgehead atoms. The Kier molecular flexibility index (Phi) is 7.19. The summed E-state index contributed by atoms with van der Waals surface area (Å²) in [5.74, 6) is -0.379. The van der Waals surface area contributed by atoms with E-state index in [0.29, 0.717) is 39.0 Å². The van der Waals surface area contributed by atoms with Gasteiger partial charge in [-0.1, -0.05) is 24.3 Å². The molecule has 1 saturated heterocycles. The second-order valence-corrected chi connectivity index (χ2v) is 15.8. The summed E-state index contributed by atoms with van der Waals surface area (Å²) < 4.78 is 40.1. The summed E-state index contributed by atoms with van der Waals surface area (Å²) in [5, 5.41) is 11.3. The SMILES string of the molecule is CON1C(=O)C2(CCN(C(=O)OC(C)(C)C)C2)c2c1cnc1c2c(-c2ccc3c(cnn3C)c2)c(-c2cnn(C)c2)n1S(=O)(=O)c1ccccc1. The second kappa shape index (κ2) is 11.2. The number of amides is 2. The van der Waals surface area contributed by atoms with Crippen molar-refractivity contribution in [2.45, 2.75) is 43.1 Å². The second-order valence-electron chi connectivity index (χ2n) is 14.0. The Balaban J connectivity index is 1.51. The van der Waals surface area contributed by atoms with Crippen LogP contribution in [0.15, 0.2) is 78.2 Å². The molecular formula is C36H36N8O6S. The molecule has 0 saturated carbocycles. The predicted octanol–water partition coefficient (Wildman–Crippen LogP) is 5.01. The number of hydroxylamine groups is 1. The van der Waals surface area contributed by atoms with Crippen LogP contribution in [-0.2, 0) is 43.9 Å². The quantitative estimate of drug-likeness (QED) is 0.241. The van der Waals surface area contributed by atoms with E-state index in [1.165, 1.54) is 39.4 Å². The normalized spacial score (nSPS) is 17.7. The van der Waals surface area contributed by atoms with E-state index in [1.807, 2.05) is 25.2 Å². The Hall–Kier alpha value is -5.54. The van der Waals surface area contributed by atoms with Crippen LogP contribution >= 0.6 is 0 Å². The van der Waals surface area contributed by atoms with Gasteiger partial charge in [0.15, 0.2) is 5.65 Å². The largest absolute Gasteiger partial charge is 0.444 e. The van der Waals surface area contributed by atoms with Gasteiger partial charge in [-0.25, -0.2) is 22.2 Å². The molecule has 1 spiro atoms. The highest BCUT2D eigenvalue weighted by Gasteiger charge is 2.58. The van der Waals surface area contributed by atoms with Gasteiger partial charge in [0.1, 0.15) is 5.60 Å². The Morgan fingerprint density at radius 3 is 2.43 bits per heavy atom. The summed E-state index contributed by atoms with van der Waals surface area (Å²) in [6.07, 6.45) is 6.29. The molecule has 0 aliphatic carbocycles. The molecule has 262 valence electrons. The van der Waals surface area contributed by atoms with Gasteiger partial charge in [-0.2, -0.15) is 15.3 Å². The number of aryl methyl sites for hydroxylation is 2. The number of carbonyl (C=O) groups excluding carboxylic acids is 2. The Labute approximate surface area is 293 Å². The number of likely N-dealkylation sites (tertiary alicyclic amines) is 1. The molecule has 0 N–H and O–H groups in total. The first-order valence-corrected chi connectivity index (χ1v) is 17.9. The van der Waals surface area contributed by atoms with E-state index in [1.54, 1.807) is 74.0 Å².